The fourth-order valence-electron chi connectivity index (χ4n) is 2.64. The average Bonchev–Trinajstić information content (AvgIpc) is 2.60. The van der Waals surface area contributed by atoms with Crippen LogP contribution in [0.2, 0.25) is 0 Å². The van der Waals surface area contributed by atoms with Gasteiger partial charge in [0.05, 0.1) is 48.8 Å². The molecule has 2 atom stereocenters. The minimum absolute atomic E-state index is 0.00694. The number of ether oxygens (including phenoxy) is 2. The summed E-state index contributed by atoms with van der Waals surface area (Å²) in [5.41, 5.74) is -2.80. The molecule has 7 heteroatoms. The number of aliphatic hydroxyl groups excluding tert-OH is 2. The van der Waals surface area contributed by atoms with Gasteiger partial charge in [-0.05, 0) is 63.2 Å². The standard InChI is InChI=1S/3C8H18O2.C7H16O/c2*1-7(2,3)6(9)8(4,5)10;1-8(2,3)7-10-6-5-9-4;1-6(2,3)7(4,5)8/h2*6,9-10H,1-5H3;5-7H2,1-4H3;8H,1-5H3/t2*6-;;/m10../s1. The Balaban J connectivity index is -0.000000204. The lowest BCUT2D eigenvalue weighted by molar-refractivity contribution is -0.0983. The van der Waals surface area contributed by atoms with Crippen LogP contribution >= 0.6 is 0 Å². The summed E-state index contributed by atoms with van der Waals surface area (Å²) in [5, 5.41) is 47.0. The van der Waals surface area contributed by atoms with E-state index in [1.165, 1.54) is 0 Å². The first-order valence-corrected chi connectivity index (χ1v) is 13.7. The number of methoxy groups -OCH3 is 1. The zero-order valence-electron chi connectivity index (χ0n) is 28.8. The molecule has 38 heavy (non-hydrogen) atoms. The van der Waals surface area contributed by atoms with Gasteiger partial charge in [-0.2, -0.15) is 0 Å². The Morgan fingerprint density at radius 1 is 0.526 bits per heavy atom. The predicted molar refractivity (Wildman–Crippen MR) is 161 cm³/mol. The van der Waals surface area contributed by atoms with Gasteiger partial charge in [-0.15, -0.1) is 0 Å². The highest BCUT2D eigenvalue weighted by Gasteiger charge is 2.35. The molecule has 0 saturated carbocycles. The van der Waals surface area contributed by atoms with E-state index in [1.54, 1.807) is 34.8 Å². The molecule has 0 aromatic rings. The first-order chi connectivity index (χ1) is 16.1. The van der Waals surface area contributed by atoms with Crippen LogP contribution in [0.25, 0.3) is 0 Å². The van der Waals surface area contributed by atoms with Crippen LogP contribution in [-0.2, 0) is 9.47 Å². The van der Waals surface area contributed by atoms with Crippen molar-refractivity contribution in [3.63, 3.8) is 0 Å². The highest BCUT2D eigenvalue weighted by atomic mass is 16.5. The molecule has 7 nitrogen and oxygen atoms in total. The van der Waals surface area contributed by atoms with E-state index in [-0.39, 0.29) is 21.7 Å². The summed E-state index contributed by atoms with van der Waals surface area (Å²) < 4.78 is 10.1. The van der Waals surface area contributed by atoms with E-state index >= 15 is 0 Å². The molecule has 0 spiro atoms. The molecule has 5 N–H and O–H groups in total. The van der Waals surface area contributed by atoms with Gasteiger partial charge in [-0.3, -0.25) is 0 Å². The van der Waals surface area contributed by atoms with E-state index in [0.717, 1.165) is 6.61 Å². The summed E-state index contributed by atoms with van der Waals surface area (Å²) >= 11 is 0. The SMILES string of the molecule is CC(C)(C)C(C)(C)O.CC(C)(C)[C@@H](O)C(C)(C)O.CC(C)(C)[C@H](O)C(C)(C)O.COCCOCC(C)(C)C. The van der Waals surface area contributed by atoms with E-state index < -0.39 is 29.0 Å². The monoisotopic (exact) mass is 555 g/mol. The predicted octanol–water partition coefficient (Wildman–Crippen LogP) is 5.83. The molecule has 0 rings (SSSR count). The highest BCUT2D eigenvalue weighted by molar-refractivity contribution is 4.86. The molecule has 0 heterocycles. The lowest BCUT2D eigenvalue weighted by Crippen LogP contribution is -2.44. The molecule has 236 valence electrons. The van der Waals surface area contributed by atoms with Crippen molar-refractivity contribution in [2.24, 2.45) is 21.7 Å². The molecule has 0 fully saturated rings. The maximum atomic E-state index is 9.47. The van der Waals surface area contributed by atoms with Crippen LogP contribution in [0.15, 0.2) is 0 Å². The van der Waals surface area contributed by atoms with Gasteiger partial charge in [0.2, 0.25) is 0 Å². The Kier molecular flexibility index (Phi) is 19.8. The molecule has 0 bridgehead atoms. The van der Waals surface area contributed by atoms with Crippen LogP contribution in [-0.4, -0.2) is 81.5 Å². The smallest absolute Gasteiger partial charge is 0.0869 e. The van der Waals surface area contributed by atoms with Gasteiger partial charge >= 0.3 is 0 Å². The van der Waals surface area contributed by atoms with Gasteiger partial charge < -0.3 is 35.0 Å². The third-order valence-corrected chi connectivity index (χ3v) is 5.78. The van der Waals surface area contributed by atoms with Crippen LogP contribution in [0.3, 0.4) is 0 Å². The number of aliphatic hydroxyl groups is 5. The number of hydrogen-bond donors (Lipinski definition) is 5. The molecule has 0 unspecified atom stereocenters. The maximum absolute atomic E-state index is 9.47. The largest absolute Gasteiger partial charge is 0.390 e. The summed E-state index contributed by atoms with van der Waals surface area (Å²) in [6, 6.07) is 0. The summed E-state index contributed by atoms with van der Waals surface area (Å²) in [4.78, 5) is 0. The van der Waals surface area contributed by atoms with Gasteiger partial charge in [0.25, 0.3) is 0 Å². The number of rotatable bonds is 6. The lowest BCUT2D eigenvalue weighted by Gasteiger charge is -2.34. The minimum Gasteiger partial charge on any atom is -0.390 e. The molecule has 0 aliphatic heterocycles. The van der Waals surface area contributed by atoms with Gasteiger partial charge in [0.15, 0.2) is 0 Å². The maximum Gasteiger partial charge on any atom is 0.0869 e. The van der Waals surface area contributed by atoms with Gasteiger partial charge in [0.1, 0.15) is 0 Å². The van der Waals surface area contributed by atoms with E-state index in [1.807, 2.05) is 76.2 Å². The van der Waals surface area contributed by atoms with Crippen LogP contribution in [0.4, 0.5) is 0 Å². The van der Waals surface area contributed by atoms with Gasteiger partial charge in [-0.1, -0.05) is 83.1 Å². The molecule has 0 radical (unpaired) electrons. The second-order valence-corrected chi connectivity index (χ2v) is 16.3. The van der Waals surface area contributed by atoms with E-state index in [9.17, 15) is 25.5 Å². The van der Waals surface area contributed by atoms with Crippen molar-refractivity contribution in [3.05, 3.63) is 0 Å². The average molecular weight is 555 g/mol. The fourth-order valence-corrected chi connectivity index (χ4v) is 2.64. The molecule has 0 aromatic carbocycles. The van der Waals surface area contributed by atoms with Crippen molar-refractivity contribution >= 4 is 0 Å². The Labute approximate surface area is 237 Å². The van der Waals surface area contributed by atoms with Crippen LogP contribution in [0, 0.1) is 21.7 Å². The van der Waals surface area contributed by atoms with Crippen molar-refractivity contribution in [2.75, 3.05) is 26.9 Å². The quantitative estimate of drug-likeness (QED) is 0.262. The van der Waals surface area contributed by atoms with Crippen molar-refractivity contribution in [2.45, 2.75) is 154 Å². The van der Waals surface area contributed by atoms with Crippen LogP contribution in [0.5, 0.6) is 0 Å². The fraction of sp³-hybridized carbons (Fsp3) is 1.00. The zero-order chi connectivity index (χ0) is 32.2. The summed E-state index contributed by atoms with van der Waals surface area (Å²) in [5.74, 6) is 0. The Morgan fingerprint density at radius 3 is 0.895 bits per heavy atom. The zero-order valence-corrected chi connectivity index (χ0v) is 28.8. The number of hydrogen-bond acceptors (Lipinski definition) is 7. The van der Waals surface area contributed by atoms with Gasteiger partial charge in [0, 0.05) is 7.11 Å². The molecule has 0 saturated heterocycles. The first kappa shape index (κ1) is 44.7. The molecule has 0 aliphatic carbocycles. The normalized spacial score (nSPS) is 15.2. The van der Waals surface area contributed by atoms with Crippen molar-refractivity contribution in [1.82, 2.24) is 0 Å². The highest BCUT2D eigenvalue weighted by Crippen LogP contribution is 2.29. The third kappa shape index (κ3) is 27.3. The summed E-state index contributed by atoms with van der Waals surface area (Å²) in [7, 11) is 1.68. The summed E-state index contributed by atoms with van der Waals surface area (Å²) in [6.45, 7) is 36.2. The molecule has 0 aliphatic rings. The summed E-state index contributed by atoms with van der Waals surface area (Å²) in [6.07, 6.45) is -1.36. The van der Waals surface area contributed by atoms with E-state index in [0.29, 0.717) is 13.2 Å². The van der Waals surface area contributed by atoms with Crippen molar-refractivity contribution in [3.8, 4) is 0 Å². The van der Waals surface area contributed by atoms with Crippen LogP contribution < -0.4 is 0 Å². The second kappa shape index (κ2) is 16.9. The van der Waals surface area contributed by atoms with Gasteiger partial charge in [-0.25, -0.2) is 0 Å². The lowest BCUT2D eigenvalue weighted by atomic mass is 9.79. The van der Waals surface area contributed by atoms with E-state index in [4.69, 9.17) is 9.47 Å². The molecule has 0 aromatic heterocycles. The van der Waals surface area contributed by atoms with Crippen molar-refractivity contribution in [1.29, 1.82) is 0 Å². The van der Waals surface area contributed by atoms with Crippen molar-refractivity contribution < 1.29 is 35.0 Å². The van der Waals surface area contributed by atoms with E-state index in [2.05, 4.69) is 20.8 Å². The topological polar surface area (TPSA) is 120 Å². The Hall–Kier alpha value is -0.280. The van der Waals surface area contributed by atoms with Crippen LogP contribution in [0.1, 0.15) is 125 Å². The first-order valence-electron chi connectivity index (χ1n) is 13.7. The molecular formula is C31H70O7. The second-order valence-electron chi connectivity index (χ2n) is 16.3. The Morgan fingerprint density at radius 2 is 0.789 bits per heavy atom. The Bertz CT molecular complexity index is 497. The minimum atomic E-state index is -1.00. The third-order valence-electron chi connectivity index (χ3n) is 5.78. The molecular weight excluding hydrogens is 484 g/mol. The molecule has 0 amide bonds.